The predicted octanol–water partition coefficient (Wildman–Crippen LogP) is 2.87. The van der Waals surface area contributed by atoms with Crippen LogP contribution < -0.4 is 0 Å². The van der Waals surface area contributed by atoms with Gasteiger partial charge < -0.3 is 18.9 Å². The lowest BCUT2D eigenvalue weighted by atomic mass is 10.5. The molecule has 1 aliphatic heterocycles. The first-order valence-electron chi connectivity index (χ1n) is 5.31. The molecule has 116 valence electrons. The molecule has 1 saturated heterocycles. The summed E-state index contributed by atoms with van der Waals surface area (Å²) >= 11 is 0. The lowest BCUT2D eigenvalue weighted by Gasteiger charge is -2.22. The van der Waals surface area contributed by atoms with Gasteiger partial charge in [0.15, 0.2) is 0 Å². The van der Waals surface area contributed by atoms with Gasteiger partial charge in [0.25, 0.3) is 0 Å². The van der Waals surface area contributed by atoms with Crippen molar-refractivity contribution in [2.45, 2.75) is 12.6 Å². The molecule has 0 unspecified atom stereocenters. The Morgan fingerprint density at radius 3 is 1.00 bits per heavy atom. The van der Waals surface area contributed by atoms with Crippen molar-refractivity contribution in [1.82, 2.24) is 0 Å². The van der Waals surface area contributed by atoms with E-state index < -0.39 is 62.8 Å². The monoisotopic (exact) mass is 308 g/mol. The molecule has 0 bridgehead atoms. The van der Waals surface area contributed by atoms with Crippen LogP contribution in [0.2, 0.25) is 0 Å². The quantitative estimate of drug-likeness (QED) is 0.735. The molecule has 0 aromatic heterocycles. The van der Waals surface area contributed by atoms with Gasteiger partial charge in [-0.1, -0.05) is 0 Å². The van der Waals surface area contributed by atoms with E-state index in [-0.39, 0.29) is 0 Å². The summed E-state index contributed by atoms with van der Waals surface area (Å²) in [5.41, 5.74) is 0. The van der Waals surface area contributed by atoms with Gasteiger partial charge in [-0.25, -0.2) is 8.78 Å². The zero-order valence-corrected chi connectivity index (χ0v) is 9.88. The molecule has 0 atom stereocenters. The molecule has 0 aliphatic carbocycles. The van der Waals surface area contributed by atoms with E-state index in [1.165, 1.54) is 0 Å². The lowest BCUT2D eigenvalue weighted by molar-refractivity contribution is -0.204. The molecule has 1 rings (SSSR count). The average molecular weight is 308 g/mol. The third-order valence-electron chi connectivity index (χ3n) is 2.02. The third-order valence-corrected chi connectivity index (χ3v) is 2.02. The van der Waals surface area contributed by atoms with Gasteiger partial charge in [0.05, 0.1) is 26.4 Å². The highest BCUT2D eigenvalue weighted by atomic mass is 19.3. The summed E-state index contributed by atoms with van der Waals surface area (Å²) in [7, 11) is 0. The van der Waals surface area contributed by atoms with E-state index in [2.05, 4.69) is 18.9 Å². The van der Waals surface area contributed by atoms with Crippen molar-refractivity contribution in [2.75, 3.05) is 26.4 Å². The Balaban J connectivity index is 2.61. The first kappa shape index (κ1) is 17.0. The smallest absolute Gasteiger partial charge is 0.306 e. The average Bonchev–Trinajstić information content (AvgIpc) is 2.42. The Labute approximate surface area is 109 Å². The first-order valence-corrected chi connectivity index (χ1v) is 5.31. The van der Waals surface area contributed by atoms with Gasteiger partial charge >= 0.3 is 12.2 Å². The molecular weight excluding hydrogens is 298 g/mol. The van der Waals surface area contributed by atoms with E-state index in [0.717, 1.165) is 0 Å². The molecule has 20 heavy (non-hydrogen) atoms. The number of hydrogen-bond donors (Lipinski definition) is 0. The van der Waals surface area contributed by atoms with Crippen LogP contribution in [0.1, 0.15) is 0 Å². The lowest BCUT2D eigenvalue weighted by Crippen LogP contribution is -2.29. The van der Waals surface area contributed by atoms with Gasteiger partial charge in [0.2, 0.25) is 24.2 Å². The van der Waals surface area contributed by atoms with Gasteiger partial charge in [-0.15, -0.1) is 0 Å². The van der Waals surface area contributed by atoms with Gasteiger partial charge in [-0.3, -0.25) is 0 Å². The molecule has 1 heterocycles. The van der Waals surface area contributed by atoms with E-state index in [4.69, 9.17) is 0 Å². The van der Waals surface area contributed by atoms with Crippen molar-refractivity contribution in [2.24, 2.45) is 0 Å². The fraction of sp³-hybridized carbons (Fsp3) is 0.600. The summed E-state index contributed by atoms with van der Waals surface area (Å²) in [5, 5.41) is 0. The van der Waals surface area contributed by atoms with E-state index >= 15 is 0 Å². The maximum atomic E-state index is 12.9. The molecule has 1 fully saturated rings. The number of halogens is 6. The largest absolute Gasteiger partial charge is 0.344 e. The molecule has 0 radical (unpaired) electrons. The van der Waals surface area contributed by atoms with Crippen LogP contribution in [0.5, 0.6) is 0 Å². The molecule has 0 spiro atoms. The van der Waals surface area contributed by atoms with Crippen molar-refractivity contribution in [3.8, 4) is 0 Å². The van der Waals surface area contributed by atoms with Gasteiger partial charge in [-0.05, 0) is 0 Å². The SMILES string of the molecule is FC(F)=C(F)C1OCCOC(C(F)=C(F)F)OCCO1. The van der Waals surface area contributed by atoms with E-state index in [1.54, 1.807) is 0 Å². The molecule has 0 aromatic rings. The van der Waals surface area contributed by atoms with Crippen LogP contribution in [0.3, 0.4) is 0 Å². The normalized spacial score (nSPS) is 24.9. The maximum absolute atomic E-state index is 12.9. The highest BCUT2D eigenvalue weighted by Crippen LogP contribution is 2.20. The molecule has 0 amide bonds. The molecular formula is C10H10F6O4. The predicted molar refractivity (Wildman–Crippen MR) is 52.1 cm³/mol. The second kappa shape index (κ2) is 8.25. The van der Waals surface area contributed by atoms with Crippen molar-refractivity contribution in [3.63, 3.8) is 0 Å². The third kappa shape index (κ3) is 5.12. The van der Waals surface area contributed by atoms with Gasteiger partial charge in [-0.2, -0.15) is 17.6 Å². The van der Waals surface area contributed by atoms with Crippen LogP contribution in [0, 0.1) is 0 Å². The molecule has 10 heteroatoms. The highest BCUT2D eigenvalue weighted by molar-refractivity contribution is 4.96. The fourth-order valence-corrected chi connectivity index (χ4v) is 1.19. The summed E-state index contributed by atoms with van der Waals surface area (Å²) in [6, 6.07) is 0. The summed E-state index contributed by atoms with van der Waals surface area (Å²) < 4.78 is 92.3. The zero-order valence-electron chi connectivity index (χ0n) is 9.88. The minimum absolute atomic E-state index is 0.494. The summed E-state index contributed by atoms with van der Waals surface area (Å²) in [6.45, 7) is -1.97. The Kier molecular flexibility index (Phi) is 6.99. The topological polar surface area (TPSA) is 36.9 Å². The summed E-state index contributed by atoms with van der Waals surface area (Å²) in [4.78, 5) is 0. The van der Waals surface area contributed by atoms with Crippen molar-refractivity contribution in [1.29, 1.82) is 0 Å². The van der Waals surface area contributed by atoms with Crippen LogP contribution in [0.25, 0.3) is 0 Å². The molecule has 4 nitrogen and oxygen atoms in total. The second-order valence-corrected chi connectivity index (χ2v) is 3.36. The van der Waals surface area contributed by atoms with Gasteiger partial charge in [0.1, 0.15) is 0 Å². The Morgan fingerprint density at radius 2 is 0.800 bits per heavy atom. The number of rotatable bonds is 2. The minimum atomic E-state index is -2.61. The summed E-state index contributed by atoms with van der Waals surface area (Å²) in [6.07, 6.45) is -9.13. The van der Waals surface area contributed by atoms with Crippen molar-refractivity contribution < 1.29 is 45.3 Å². The van der Waals surface area contributed by atoms with Crippen LogP contribution in [0.4, 0.5) is 26.3 Å². The first-order chi connectivity index (χ1) is 9.43. The van der Waals surface area contributed by atoms with E-state index in [0.29, 0.717) is 0 Å². The van der Waals surface area contributed by atoms with Crippen LogP contribution in [-0.4, -0.2) is 39.0 Å². The maximum Gasteiger partial charge on any atom is 0.306 e. The zero-order chi connectivity index (χ0) is 15.1. The molecule has 0 aromatic carbocycles. The van der Waals surface area contributed by atoms with E-state index in [9.17, 15) is 26.3 Å². The van der Waals surface area contributed by atoms with Crippen molar-refractivity contribution >= 4 is 0 Å². The Morgan fingerprint density at radius 1 is 0.550 bits per heavy atom. The Hall–Kier alpha value is -1.10. The molecule has 1 aliphatic rings. The highest BCUT2D eigenvalue weighted by Gasteiger charge is 2.25. The number of hydrogen-bond acceptors (Lipinski definition) is 4. The number of ether oxygens (including phenoxy) is 4. The van der Waals surface area contributed by atoms with E-state index in [1.807, 2.05) is 0 Å². The van der Waals surface area contributed by atoms with Gasteiger partial charge in [0, 0.05) is 0 Å². The second-order valence-electron chi connectivity index (χ2n) is 3.36. The van der Waals surface area contributed by atoms with Crippen molar-refractivity contribution in [3.05, 3.63) is 23.8 Å². The Bertz CT molecular complexity index is 330. The van der Waals surface area contributed by atoms with Crippen LogP contribution in [-0.2, 0) is 18.9 Å². The minimum Gasteiger partial charge on any atom is -0.344 e. The molecule has 0 saturated carbocycles. The molecule has 0 N–H and O–H groups in total. The van der Waals surface area contributed by atoms with Crippen LogP contribution >= 0.6 is 0 Å². The summed E-state index contributed by atoms with van der Waals surface area (Å²) in [5.74, 6) is -3.83. The standard InChI is InChI=1S/C10H10F6O4/c11-5(7(13)14)9-17-1-2-18-10(6(12)8(15)16)20-4-3-19-9/h9-10H,1-4H2. The van der Waals surface area contributed by atoms with Crippen LogP contribution in [0.15, 0.2) is 23.8 Å². The fourth-order valence-electron chi connectivity index (χ4n) is 1.19.